The molecule has 0 spiro atoms. The number of nitrogens with one attached hydrogen (secondary N) is 2. The van der Waals surface area contributed by atoms with Gasteiger partial charge in [0.2, 0.25) is 0 Å². The lowest BCUT2D eigenvalue weighted by atomic mass is 9.95. The van der Waals surface area contributed by atoms with E-state index in [-0.39, 0.29) is 5.91 Å². The maximum atomic E-state index is 12.4. The normalized spacial score (nSPS) is 13.6. The molecule has 0 saturated carbocycles. The summed E-state index contributed by atoms with van der Waals surface area (Å²) >= 11 is 3.44. The van der Waals surface area contributed by atoms with Gasteiger partial charge in [0.05, 0.1) is 0 Å². The zero-order valence-corrected chi connectivity index (χ0v) is 13.2. The lowest BCUT2D eigenvalue weighted by molar-refractivity contribution is 0.0949. The minimum Gasteiger partial charge on any atom is -0.348 e. The minimum atomic E-state index is 0.00808. The molecular weight excluding hydrogens is 328 g/mol. The third-order valence-electron chi connectivity index (χ3n) is 3.73. The zero-order chi connectivity index (χ0) is 14.7. The number of benzene rings is 2. The highest BCUT2D eigenvalue weighted by atomic mass is 79.9. The first-order valence-electron chi connectivity index (χ1n) is 7.08. The summed E-state index contributed by atoms with van der Waals surface area (Å²) in [5, 5.41) is 6.35. The van der Waals surface area contributed by atoms with Crippen molar-refractivity contribution in [3.63, 3.8) is 0 Å². The van der Waals surface area contributed by atoms with Crippen molar-refractivity contribution in [3.05, 3.63) is 69.2 Å². The van der Waals surface area contributed by atoms with E-state index in [0.717, 1.165) is 35.1 Å². The van der Waals surface area contributed by atoms with Crippen LogP contribution in [0.15, 0.2) is 46.9 Å². The van der Waals surface area contributed by atoms with Crippen molar-refractivity contribution in [2.75, 3.05) is 6.54 Å². The maximum Gasteiger partial charge on any atom is 0.251 e. The van der Waals surface area contributed by atoms with E-state index in [0.29, 0.717) is 6.54 Å². The molecule has 0 unspecified atom stereocenters. The number of halogens is 1. The van der Waals surface area contributed by atoms with Crippen molar-refractivity contribution in [1.29, 1.82) is 0 Å². The average Bonchev–Trinajstić information content (AvgIpc) is 2.52. The molecule has 0 bridgehead atoms. The molecule has 3 rings (SSSR count). The van der Waals surface area contributed by atoms with Crippen molar-refractivity contribution in [1.82, 2.24) is 10.6 Å². The Hall–Kier alpha value is -1.65. The topological polar surface area (TPSA) is 41.1 Å². The van der Waals surface area contributed by atoms with E-state index < -0.39 is 0 Å². The Kier molecular flexibility index (Phi) is 4.36. The van der Waals surface area contributed by atoms with Crippen LogP contribution in [0.25, 0.3) is 0 Å². The van der Waals surface area contributed by atoms with Crippen LogP contribution in [0.1, 0.15) is 27.0 Å². The van der Waals surface area contributed by atoms with E-state index >= 15 is 0 Å². The van der Waals surface area contributed by atoms with Gasteiger partial charge in [-0.2, -0.15) is 0 Å². The molecule has 0 aliphatic carbocycles. The highest BCUT2D eigenvalue weighted by Crippen LogP contribution is 2.19. The number of carbonyl (C=O) groups is 1. The van der Waals surface area contributed by atoms with Crippen LogP contribution in [-0.2, 0) is 19.5 Å². The molecule has 0 aromatic heterocycles. The first-order chi connectivity index (χ1) is 10.2. The summed E-state index contributed by atoms with van der Waals surface area (Å²) in [6.45, 7) is 2.32. The molecule has 0 radical (unpaired) electrons. The summed E-state index contributed by atoms with van der Waals surface area (Å²) in [5.41, 5.74) is 4.31. The van der Waals surface area contributed by atoms with Crippen molar-refractivity contribution >= 4 is 21.8 Å². The highest BCUT2D eigenvalue weighted by molar-refractivity contribution is 9.10. The molecule has 1 heterocycles. The molecule has 4 heteroatoms. The first-order valence-corrected chi connectivity index (χ1v) is 7.87. The fourth-order valence-corrected chi connectivity index (χ4v) is 3.12. The number of hydrogen-bond donors (Lipinski definition) is 2. The molecule has 0 atom stereocenters. The summed E-state index contributed by atoms with van der Waals surface area (Å²) in [6, 6.07) is 13.9. The molecule has 2 aromatic carbocycles. The molecule has 3 nitrogen and oxygen atoms in total. The monoisotopic (exact) mass is 344 g/mol. The maximum absolute atomic E-state index is 12.4. The van der Waals surface area contributed by atoms with E-state index in [1.165, 1.54) is 11.1 Å². The molecular formula is C17H17BrN2O. The van der Waals surface area contributed by atoms with Crippen molar-refractivity contribution < 1.29 is 4.79 Å². The Morgan fingerprint density at radius 1 is 1.24 bits per heavy atom. The van der Waals surface area contributed by atoms with Crippen LogP contribution >= 0.6 is 15.9 Å². The Labute approximate surface area is 132 Å². The molecule has 1 aliphatic rings. The second-order valence-electron chi connectivity index (χ2n) is 5.18. The van der Waals surface area contributed by atoms with Gasteiger partial charge in [0, 0.05) is 23.1 Å². The van der Waals surface area contributed by atoms with Gasteiger partial charge < -0.3 is 10.6 Å². The van der Waals surface area contributed by atoms with Crippen molar-refractivity contribution in [3.8, 4) is 0 Å². The largest absolute Gasteiger partial charge is 0.348 e. The minimum absolute atomic E-state index is 0.00808. The van der Waals surface area contributed by atoms with Crippen LogP contribution in [0, 0.1) is 0 Å². The molecule has 1 amide bonds. The molecule has 2 aromatic rings. The molecule has 0 fully saturated rings. The number of fused-ring (bicyclic) bond motifs is 1. The Morgan fingerprint density at radius 3 is 2.95 bits per heavy atom. The fraction of sp³-hybridized carbons (Fsp3) is 0.235. The predicted octanol–water partition coefficient (Wildman–Crippen LogP) is 3.02. The number of amides is 1. The first kappa shape index (κ1) is 14.3. The number of carbonyl (C=O) groups excluding carboxylic acids is 1. The molecule has 108 valence electrons. The molecule has 2 N–H and O–H groups in total. The predicted molar refractivity (Wildman–Crippen MR) is 87.2 cm³/mol. The second-order valence-corrected chi connectivity index (χ2v) is 6.10. The summed E-state index contributed by atoms with van der Waals surface area (Å²) in [4.78, 5) is 12.4. The van der Waals surface area contributed by atoms with Crippen LogP contribution in [0.5, 0.6) is 0 Å². The van der Waals surface area contributed by atoms with Crippen LogP contribution in [-0.4, -0.2) is 12.5 Å². The van der Waals surface area contributed by atoms with Crippen LogP contribution in [0.2, 0.25) is 0 Å². The van der Waals surface area contributed by atoms with Gasteiger partial charge in [0.25, 0.3) is 5.91 Å². The number of hydrogen-bond acceptors (Lipinski definition) is 2. The van der Waals surface area contributed by atoms with E-state index in [4.69, 9.17) is 0 Å². The fourth-order valence-electron chi connectivity index (χ4n) is 2.67. The van der Waals surface area contributed by atoms with Crippen LogP contribution in [0.3, 0.4) is 0 Å². The van der Waals surface area contributed by atoms with Gasteiger partial charge >= 0.3 is 0 Å². The third kappa shape index (κ3) is 3.34. The third-order valence-corrected chi connectivity index (χ3v) is 4.22. The lowest BCUT2D eigenvalue weighted by Crippen LogP contribution is -2.29. The average molecular weight is 345 g/mol. The van der Waals surface area contributed by atoms with Crippen molar-refractivity contribution in [2.45, 2.75) is 19.5 Å². The zero-order valence-electron chi connectivity index (χ0n) is 11.7. The Morgan fingerprint density at radius 2 is 2.10 bits per heavy atom. The van der Waals surface area contributed by atoms with Crippen LogP contribution < -0.4 is 10.6 Å². The summed E-state index contributed by atoms with van der Waals surface area (Å²) in [5.74, 6) is 0.00808. The molecule has 0 saturated heterocycles. The summed E-state index contributed by atoms with van der Waals surface area (Å²) in [7, 11) is 0. The highest BCUT2D eigenvalue weighted by Gasteiger charge is 2.16. The van der Waals surface area contributed by atoms with Gasteiger partial charge in [-0.1, -0.05) is 40.2 Å². The quantitative estimate of drug-likeness (QED) is 0.898. The van der Waals surface area contributed by atoms with Gasteiger partial charge in [-0.3, -0.25) is 4.79 Å². The summed E-state index contributed by atoms with van der Waals surface area (Å²) < 4.78 is 1.03. The van der Waals surface area contributed by atoms with Gasteiger partial charge in [-0.15, -0.1) is 0 Å². The SMILES string of the molecule is O=C(NCc1cccc(Br)c1)c1cccc2c1CCNC2. The summed E-state index contributed by atoms with van der Waals surface area (Å²) in [6.07, 6.45) is 0.913. The van der Waals surface area contributed by atoms with E-state index in [9.17, 15) is 4.79 Å². The van der Waals surface area contributed by atoms with Crippen molar-refractivity contribution in [2.24, 2.45) is 0 Å². The Bertz CT molecular complexity index is 670. The van der Waals surface area contributed by atoms with Gasteiger partial charge in [-0.05, 0) is 47.9 Å². The lowest BCUT2D eigenvalue weighted by Gasteiger charge is -2.20. The van der Waals surface area contributed by atoms with E-state index in [1.54, 1.807) is 0 Å². The van der Waals surface area contributed by atoms with Crippen LogP contribution in [0.4, 0.5) is 0 Å². The molecule has 1 aliphatic heterocycles. The standard InChI is InChI=1S/C17H17BrN2O/c18-14-5-1-3-12(9-14)10-20-17(21)16-6-2-4-13-11-19-8-7-15(13)16/h1-6,9,19H,7-8,10-11H2,(H,20,21). The second kappa shape index (κ2) is 6.41. The van der Waals surface area contributed by atoms with Gasteiger partial charge in [0.1, 0.15) is 0 Å². The van der Waals surface area contributed by atoms with E-state index in [1.807, 2.05) is 36.4 Å². The molecule has 21 heavy (non-hydrogen) atoms. The Balaban J connectivity index is 1.74. The smallest absolute Gasteiger partial charge is 0.251 e. The number of rotatable bonds is 3. The van der Waals surface area contributed by atoms with Gasteiger partial charge in [-0.25, -0.2) is 0 Å². The van der Waals surface area contributed by atoms with E-state index in [2.05, 4.69) is 32.6 Å². The van der Waals surface area contributed by atoms with Gasteiger partial charge in [0.15, 0.2) is 0 Å².